The van der Waals surface area contributed by atoms with Crippen LogP contribution in [0, 0.1) is 17.9 Å². The van der Waals surface area contributed by atoms with E-state index in [4.69, 9.17) is 4.74 Å². The third-order valence-electron chi connectivity index (χ3n) is 3.81. The first kappa shape index (κ1) is 23.2. The topological polar surface area (TPSA) is 46.5 Å². The molecule has 0 fully saturated rings. The molecule has 1 N–H and O–H groups in total. The number of ketones is 1. The van der Waals surface area contributed by atoms with Crippen molar-refractivity contribution in [1.82, 2.24) is 0 Å². The molecule has 0 spiro atoms. The van der Waals surface area contributed by atoms with Gasteiger partial charge in [-0.05, 0) is 155 Å². The van der Waals surface area contributed by atoms with E-state index in [-0.39, 0.29) is 11.5 Å². The highest BCUT2D eigenvalue weighted by atomic mass is 127. The molecule has 144 valence electrons. The summed E-state index contributed by atoms with van der Waals surface area (Å²) in [6.07, 6.45) is 0. The quantitative estimate of drug-likeness (QED) is 0.217. The number of aromatic hydroxyl groups is 1. The molecule has 0 aromatic heterocycles. The lowest BCUT2D eigenvalue weighted by atomic mass is 10.0. The predicted octanol–water partition coefficient (Wildman–Crippen LogP) is 7.23. The summed E-state index contributed by atoms with van der Waals surface area (Å²) in [5, 5.41) is 9.93. The number of benzene rings is 3. The molecule has 3 nitrogen and oxygen atoms in total. The van der Waals surface area contributed by atoms with Crippen molar-refractivity contribution in [2.24, 2.45) is 0 Å². The van der Waals surface area contributed by atoms with Crippen LogP contribution in [-0.2, 0) is 6.61 Å². The Balaban J connectivity index is 1.86. The van der Waals surface area contributed by atoms with Gasteiger partial charge in [-0.1, -0.05) is 12.1 Å². The monoisotopic (exact) mass is 934 g/mol. The first-order chi connectivity index (χ1) is 13.3. The lowest BCUT2D eigenvalue weighted by Gasteiger charge is -2.13. The third kappa shape index (κ3) is 5.63. The molecular weight excluding hydrogens is 923 g/mol. The van der Waals surface area contributed by atoms with Gasteiger partial charge in [-0.15, -0.1) is 0 Å². The Morgan fingerprint density at radius 1 is 0.821 bits per heavy atom. The summed E-state index contributed by atoms with van der Waals surface area (Å²) in [6, 6.07) is 15.3. The van der Waals surface area contributed by atoms with Crippen molar-refractivity contribution in [1.29, 1.82) is 0 Å². The second-order valence-electron chi connectivity index (χ2n) is 5.81. The maximum atomic E-state index is 13.0. The molecule has 0 saturated heterocycles. The zero-order valence-electron chi connectivity index (χ0n) is 14.0. The van der Waals surface area contributed by atoms with Gasteiger partial charge in [0.15, 0.2) is 5.78 Å². The van der Waals surface area contributed by atoms with Crippen molar-refractivity contribution >= 4 is 119 Å². The minimum absolute atomic E-state index is 0.0733. The van der Waals surface area contributed by atoms with Gasteiger partial charge in [0.2, 0.25) is 0 Å². The van der Waals surface area contributed by atoms with Crippen LogP contribution in [0.4, 0.5) is 0 Å². The van der Waals surface area contributed by atoms with Crippen molar-refractivity contribution in [2.75, 3.05) is 0 Å². The molecule has 0 atom stereocenters. The summed E-state index contributed by atoms with van der Waals surface area (Å²) in [5.74, 6) is 0.920. The lowest BCUT2D eigenvalue weighted by molar-refractivity contribution is 0.103. The molecule has 0 bridgehead atoms. The summed E-state index contributed by atoms with van der Waals surface area (Å²) in [5.41, 5.74) is 2.27. The van der Waals surface area contributed by atoms with Gasteiger partial charge in [-0.2, -0.15) is 0 Å². The van der Waals surface area contributed by atoms with Crippen LogP contribution >= 0.6 is 113 Å². The smallest absolute Gasteiger partial charge is 0.193 e. The molecule has 3 rings (SSSR count). The molecule has 3 aromatic carbocycles. The zero-order valence-corrected chi connectivity index (χ0v) is 24.8. The third-order valence-corrected chi connectivity index (χ3v) is 7.73. The number of rotatable bonds is 5. The fourth-order valence-corrected chi connectivity index (χ4v) is 6.93. The number of carbonyl (C=O) groups is 1. The Labute approximate surface area is 231 Å². The SMILES string of the molecule is O=C(c1cc(I)c(O)c(I)c1)c1cc(I)c(OCc2cccc(I)c2)c(I)c1. The molecule has 0 heterocycles. The van der Waals surface area contributed by atoms with E-state index in [1.165, 1.54) is 3.57 Å². The van der Waals surface area contributed by atoms with Crippen LogP contribution in [0.15, 0.2) is 48.5 Å². The fraction of sp³-hybridized carbons (Fsp3) is 0.0500. The molecule has 0 radical (unpaired) electrons. The Kier molecular flexibility index (Phi) is 8.52. The summed E-state index contributed by atoms with van der Waals surface area (Å²) in [7, 11) is 0. The summed E-state index contributed by atoms with van der Waals surface area (Å²) in [6.45, 7) is 0.477. The minimum Gasteiger partial charge on any atom is -0.506 e. The molecule has 0 unspecified atom stereocenters. The van der Waals surface area contributed by atoms with Gasteiger partial charge in [0.05, 0.1) is 14.3 Å². The number of hydrogen-bond donors (Lipinski definition) is 1. The average molecular weight is 934 g/mol. The average Bonchev–Trinajstić information content (AvgIpc) is 2.64. The zero-order chi connectivity index (χ0) is 20.4. The van der Waals surface area contributed by atoms with E-state index in [0.717, 1.165) is 18.5 Å². The Bertz CT molecular complexity index is 1020. The molecule has 8 heteroatoms. The summed E-state index contributed by atoms with van der Waals surface area (Å²) >= 11 is 10.8. The van der Waals surface area contributed by atoms with Gasteiger partial charge < -0.3 is 9.84 Å². The van der Waals surface area contributed by atoms with Gasteiger partial charge in [-0.3, -0.25) is 4.79 Å². The van der Waals surface area contributed by atoms with Gasteiger partial charge in [0.1, 0.15) is 18.1 Å². The van der Waals surface area contributed by atoms with E-state index in [1.54, 1.807) is 12.1 Å². The van der Waals surface area contributed by atoms with Crippen molar-refractivity contribution in [3.63, 3.8) is 0 Å². The second-order valence-corrected chi connectivity index (χ2v) is 11.7. The minimum atomic E-state index is -0.0733. The van der Waals surface area contributed by atoms with E-state index in [9.17, 15) is 9.90 Å². The van der Waals surface area contributed by atoms with Crippen molar-refractivity contribution in [2.45, 2.75) is 6.61 Å². The van der Waals surface area contributed by atoms with Crippen LogP contribution in [0.2, 0.25) is 0 Å². The molecule has 0 aliphatic heterocycles. The van der Waals surface area contributed by atoms with Crippen LogP contribution in [0.5, 0.6) is 11.5 Å². The number of carbonyl (C=O) groups excluding carboxylic acids is 1. The van der Waals surface area contributed by atoms with Crippen LogP contribution in [-0.4, -0.2) is 10.9 Å². The molecular formula is C20H11I5O3. The van der Waals surface area contributed by atoms with E-state index < -0.39 is 0 Å². The largest absolute Gasteiger partial charge is 0.506 e. The number of ether oxygens (including phenoxy) is 1. The first-order valence-corrected chi connectivity index (χ1v) is 13.2. The maximum Gasteiger partial charge on any atom is 0.193 e. The van der Waals surface area contributed by atoms with Crippen molar-refractivity contribution in [3.05, 3.63) is 83.1 Å². The Morgan fingerprint density at radius 2 is 1.36 bits per heavy atom. The lowest BCUT2D eigenvalue weighted by Crippen LogP contribution is -2.06. The highest BCUT2D eigenvalue weighted by molar-refractivity contribution is 14.1. The van der Waals surface area contributed by atoms with Gasteiger partial charge >= 0.3 is 0 Å². The highest BCUT2D eigenvalue weighted by Gasteiger charge is 2.17. The summed E-state index contributed by atoms with van der Waals surface area (Å²) in [4.78, 5) is 13.0. The Hall–Kier alpha value is 0.580. The number of hydrogen-bond acceptors (Lipinski definition) is 3. The number of phenolic OH excluding ortho intramolecular Hbond substituents is 1. The standard InChI is InChI=1S/C20H11I5O3/c21-13-3-1-2-10(4-13)9-28-20-16(24)7-12(8-17(20)25)18(26)11-5-14(22)19(27)15(23)6-11/h1-8,27H,9H2. The van der Waals surface area contributed by atoms with Crippen molar-refractivity contribution < 1.29 is 14.6 Å². The highest BCUT2D eigenvalue weighted by Crippen LogP contribution is 2.32. The van der Waals surface area contributed by atoms with E-state index in [1.807, 2.05) is 75.5 Å². The molecule has 28 heavy (non-hydrogen) atoms. The number of phenols is 1. The molecule has 0 aliphatic carbocycles. The fourth-order valence-electron chi connectivity index (χ4n) is 2.47. The van der Waals surface area contributed by atoms with Crippen LogP contribution in [0.25, 0.3) is 0 Å². The number of halogens is 5. The van der Waals surface area contributed by atoms with Crippen molar-refractivity contribution in [3.8, 4) is 11.5 Å². The van der Waals surface area contributed by atoms with E-state index in [0.29, 0.717) is 24.9 Å². The predicted molar refractivity (Wildman–Crippen MR) is 152 cm³/mol. The van der Waals surface area contributed by atoms with Crippen LogP contribution in [0.3, 0.4) is 0 Å². The first-order valence-electron chi connectivity index (χ1n) is 7.85. The normalized spacial score (nSPS) is 10.8. The molecule has 0 aliphatic rings. The van der Waals surface area contributed by atoms with E-state index in [2.05, 4.69) is 73.8 Å². The van der Waals surface area contributed by atoms with Gasteiger partial charge in [0.25, 0.3) is 0 Å². The summed E-state index contributed by atoms with van der Waals surface area (Å²) < 4.78 is 10.3. The molecule has 0 saturated carbocycles. The van der Waals surface area contributed by atoms with Crippen LogP contribution in [0.1, 0.15) is 21.5 Å². The van der Waals surface area contributed by atoms with E-state index >= 15 is 0 Å². The van der Waals surface area contributed by atoms with Gasteiger partial charge in [0, 0.05) is 14.7 Å². The second kappa shape index (κ2) is 10.3. The maximum absolute atomic E-state index is 13.0. The Morgan fingerprint density at radius 3 is 1.89 bits per heavy atom. The van der Waals surface area contributed by atoms with Gasteiger partial charge in [-0.25, -0.2) is 0 Å². The molecule has 3 aromatic rings. The molecule has 0 amide bonds. The van der Waals surface area contributed by atoms with Crippen LogP contribution < -0.4 is 4.74 Å².